The van der Waals surface area contributed by atoms with Crippen LogP contribution in [0.1, 0.15) is 0 Å². The van der Waals surface area contributed by atoms with Crippen molar-refractivity contribution in [2.75, 3.05) is 0 Å². The average molecular weight is 226 g/mol. The van der Waals surface area contributed by atoms with Gasteiger partial charge in [0.2, 0.25) is 0 Å². The number of H-pyrrole nitrogens is 1. The number of hydrogen-bond acceptors (Lipinski definition) is 3. The molecule has 1 aromatic carbocycles. The van der Waals surface area contributed by atoms with E-state index in [2.05, 4.69) is 31.3 Å². The number of rotatable bonds is 0. The molecular formula is C7H4BrN3O. The van der Waals surface area contributed by atoms with E-state index < -0.39 is 0 Å². The van der Waals surface area contributed by atoms with Crippen LogP contribution >= 0.6 is 15.9 Å². The van der Waals surface area contributed by atoms with Crippen molar-refractivity contribution in [1.82, 2.24) is 15.4 Å². The van der Waals surface area contributed by atoms with E-state index in [4.69, 9.17) is 0 Å². The van der Waals surface area contributed by atoms with Crippen LogP contribution in [0.3, 0.4) is 0 Å². The largest absolute Gasteiger partial charge is 0.299 e. The monoisotopic (exact) mass is 225 g/mol. The number of nitrogens with one attached hydrogen (secondary N) is 1. The molecule has 0 aliphatic rings. The van der Waals surface area contributed by atoms with Crippen molar-refractivity contribution in [3.63, 3.8) is 0 Å². The summed E-state index contributed by atoms with van der Waals surface area (Å²) in [6, 6.07) is 5.28. The minimum atomic E-state index is -0.309. The van der Waals surface area contributed by atoms with Gasteiger partial charge in [0.05, 0.1) is 10.9 Å². The molecule has 4 nitrogen and oxygen atoms in total. The fourth-order valence-corrected chi connectivity index (χ4v) is 1.33. The molecule has 2 rings (SSSR count). The molecule has 2 aromatic rings. The quantitative estimate of drug-likeness (QED) is 0.731. The molecule has 5 heteroatoms. The van der Waals surface area contributed by atoms with E-state index in [-0.39, 0.29) is 5.56 Å². The minimum Gasteiger partial charge on any atom is -0.265 e. The molecule has 60 valence electrons. The molecule has 0 aliphatic carbocycles. The van der Waals surface area contributed by atoms with Gasteiger partial charge in [-0.25, -0.2) is 0 Å². The standard InChI is InChI=1S/C7H4BrN3O/c8-4-1-2-5-6(3-4)9-11-10-7(5)12/h1-3H,(H,9,10,12). The van der Waals surface area contributed by atoms with Gasteiger partial charge in [-0.3, -0.25) is 9.89 Å². The van der Waals surface area contributed by atoms with E-state index in [1.807, 2.05) is 0 Å². The summed E-state index contributed by atoms with van der Waals surface area (Å²) in [5.74, 6) is 0. The molecule has 0 radical (unpaired) electrons. The summed E-state index contributed by atoms with van der Waals surface area (Å²) in [4.78, 5) is 11.1. The van der Waals surface area contributed by atoms with Crippen LogP contribution in [0.15, 0.2) is 27.5 Å². The maximum absolute atomic E-state index is 11.1. The Balaban J connectivity index is 2.96. The zero-order valence-electron chi connectivity index (χ0n) is 5.91. The van der Waals surface area contributed by atoms with Crippen molar-refractivity contribution in [3.8, 4) is 0 Å². The van der Waals surface area contributed by atoms with Crippen LogP contribution in [-0.4, -0.2) is 15.4 Å². The highest BCUT2D eigenvalue weighted by atomic mass is 79.9. The molecule has 0 bridgehead atoms. The minimum absolute atomic E-state index is 0.309. The van der Waals surface area contributed by atoms with Gasteiger partial charge >= 0.3 is 0 Å². The van der Waals surface area contributed by atoms with Gasteiger partial charge in [0.25, 0.3) is 5.56 Å². The highest BCUT2D eigenvalue weighted by molar-refractivity contribution is 9.10. The fraction of sp³-hybridized carbons (Fsp3) is 0. The lowest BCUT2D eigenvalue weighted by atomic mass is 10.2. The number of fused-ring (bicyclic) bond motifs is 1. The van der Waals surface area contributed by atoms with Crippen molar-refractivity contribution < 1.29 is 0 Å². The molecule has 1 heterocycles. The van der Waals surface area contributed by atoms with Crippen LogP contribution in [-0.2, 0) is 0 Å². The fourth-order valence-electron chi connectivity index (χ4n) is 0.974. The molecule has 0 saturated carbocycles. The Bertz CT molecular complexity index is 479. The lowest BCUT2D eigenvalue weighted by molar-refractivity contribution is 0.872. The Kier molecular flexibility index (Phi) is 1.65. The SMILES string of the molecule is O=c1nn[nH]c2cc(Br)ccc12. The highest BCUT2D eigenvalue weighted by Crippen LogP contribution is 2.13. The molecular weight excluding hydrogens is 222 g/mol. The summed E-state index contributed by atoms with van der Waals surface area (Å²) < 4.78 is 0.902. The zero-order chi connectivity index (χ0) is 8.55. The molecule has 0 saturated heterocycles. The lowest BCUT2D eigenvalue weighted by Gasteiger charge is -1.94. The number of benzene rings is 1. The number of hydrogen-bond donors (Lipinski definition) is 1. The van der Waals surface area contributed by atoms with E-state index in [0.29, 0.717) is 10.9 Å². The third kappa shape index (κ3) is 1.12. The molecule has 12 heavy (non-hydrogen) atoms. The Morgan fingerprint density at radius 1 is 1.42 bits per heavy atom. The maximum atomic E-state index is 11.1. The second kappa shape index (κ2) is 2.67. The van der Waals surface area contributed by atoms with Crippen molar-refractivity contribution >= 4 is 26.8 Å². The van der Waals surface area contributed by atoms with E-state index in [9.17, 15) is 4.79 Å². The number of nitrogens with zero attached hydrogens (tertiary/aromatic N) is 2. The first-order valence-electron chi connectivity index (χ1n) is 3.28. The van der Waals surface area contributed by atoms with E-state index in [1.54, 1.807) is 18.2 Å². The molecule has 0 amide bonds. The first-order chi connectivity index (χ1) is 5.77. The topological polar surface area (TPSA) is 58.6 Å². The third-order valence-electron chi connectivity index (χ3n) is 1.52. The summed E-state index contributed by atoms with van der Waals surface area (Å²) in [7, 11) is 0. The molecule has 0 spiro atoms. The second-order valence-corrected chi connectivity index (χ2v) is 3.22. The molecule has 1 N–H and O–H groups in total. The molecule has 0 unspecified atom stereocenters. The summed E-state index contributed by atoms with van der Waals surface area (Å²) >= 11 is 3.29. The van der Waals surface area contributed by atoms with Crippen LogP contribution < -0.4 is 5.56 Å². The van der Waals surface area contributed by atoms with Crippen molar-refractivity contribution in [3.05, 3.63) is 33.0 Å². The number of aromatic amines is 1. The Hall–Kier alpha value is -1.23. The van der Waals surface area contributed by atoms with Crippen LogP contribution in [0.2, 0.25) is 0 Å². The van der Waals surface area contributed by atoms with E-state index >= 15 is 0 Å². The predicted octanol–water partition coefficient (Wildman–Crippen LogP) is 1.08. The van der Waals surface area contributed by atoms with Gasteiger partial charge in [0, 0.05) is 4.47 Å². The summed E-state index contributed by atoms with van der Waals surface area (Å²) in [6.07, 6.45) is 0. The van der Waals surface area contributed by atoms with Crippen LogP contribution in [0.4, 0.5) is 0 Å². The van der Waals surface area contributed by atoms with Gasteiger partial charge in [-0.15, -0.1) is 0 Å². The van der Waals surface area contributed by atoms with Gasteiger partial charge in [-0.2, -0.15) is 0 Å². The summed E-state index contributed by atoms with van der Waals surface area (Å²) in [5.41, 5.74) is 0.376. The smallest absolute Gasteiger partial charge is 0.265 e. The maximum Gasteiger partial charge on any atom is 0.299 e. The van der Waals surface area contributed by atoms with Gasteiger partial charge < -0.3 is 0 Å². The first-order valence-corrected chi connectivity index (χ1v) is 4.07. The predicted molar refractivity (Wildman–Crippen MR) is 47.9 cm³/mol. The van der Waals surface area contributed by atoms with E-state index in [1.165, 1.54) is 0 Å². The summed E-state index contributed by atoms with van der Waals surface area (Å²) in [6.45, 7) is 0. The Labute approximate surface area is 75.7 Å². The van der Waals surface area contributed by atoms with Crippen LogP contribution in [0.5, 0.6) is 0 Å². The number of aromatic nitrogens is 3. The van der Waals surface area contributed by atoms with Gasteiger partial charge in [-0.05, 0) is 18.2 Å². The van der Waals surface area contributed by atoms with Crippen molar-refractivity contribution in [2.24, 2.45) is 0 Å². The van der Waals surface area contributed by atoms with Gasteiger partial charge in [0.15, 0.2) is 0 Å². The van der Waals surface area contributed by atoms with E-state index in [0.717, 1.165) is 4.47 Å². The number of halogens is 1. The van der Waals surface area contributed by atoms with Crippen molar-refractivity contribution in [2.45, 2.75) is 0 Å². The summed E-state index contributed by atoms with van der Waals surface area (Å²) in [5, 5.41) is 10.00. The normalized spacial score (nSPS) is 10.4. The molecule has 0 fully saturated rings. The molecule has 0 atom stereocenters. The molecule has 1 aromatic heterocycles. The van der Waals surface area contributed by atoms with Crippen LogP contribution in [0.25, 0.3) is 10.9 Å². The average Bonchev–Trinajstić information content (AvgIpc) is 2.04. The second-order valence-electron chi connectivity index (χ2n) is 2.31. The lowest BCUT2D eigenvalue weighted by Crippen LogP contribution is -2.09. The Morgan fingerprint density at radius 2 is 2.25 bits per heavy atom. The van der Waals surface area contributed by atoms with Gasteiger partial charge in [0.1, 0.15) is 0 Å². The van der Waals surface area contributed by atoms with Gasteiger partial charge in [-0.1, -0.05) is 26.2 Å². The third-order valence-corrected chi connectivity index (χ3v) is 2.02. The van der Waals surface area contributed by atoms with Crippen LogP contribution in [0, 0.1) is 0 Å². The van der Waals surface area contributed by atoms with Crippen molar-refractivity contribution in [1.29, 1.82) is 0 Å². The first kappa shape index (κ1) is 7.42. The highest BCUT2D eigenvalue weighted by Gasteiger charge is 1.98. The Morgan fingerprint density at radius 3 is 3.08 bits per heavy atom. The molecule has 0 aliphatic heterocycles. The zero-order valence-corrected chi connectivity index (χ0v) is 7.50.